The number of aromatic nitrogens is 1. The van der Waals surface area contributed by atoms with E-state index in [-0.39, 0.29) is 16.8 Å². The molecule has 3 aromatic rings. The van der Waals surface area contributed by atoms with Gasteiger partial charge in [-0.3, -0.25) is 4.79 Å². The number of nitriles is 1. The van der Waals surface area contributed by atoms with E-state index in [9.17, 15) is 14.9 Å². The van der Waals surface area contributed by atoms with Crippen LogP contribution in [-0.2, 0) is 4.74 Å². The fourth-order valence-corrected chi connectivity index (χ4v) is 2.20. The van der Waals surface area contributed by atoms with Crippen LogP contribution in [-0.4, -0.2) is 18.1 Å². The van der Waals surface area contributed by atoms with Crippen LogP contribution in [0.25, 0.3) is 22.3 Å². The zero-order valence-electron chi connectivity index (χ0n) is 11.5. The van der Waals surface area contributed by atoms with Gasteiger partial charge in [0.15, 0.2) is 0 Å². The van der Waals surface area contributed by atoms with E-state index in [4.69, 9.17) is 4.42 Å². The molecule has 6 nitrogen and oxygen atoms in total. The van der Waals surface area contributed by atoms with Crippen LogP contribution in [0.1, 0.15) is 16.1 Å². The summed E-state index contributed by atoms with van der Waals surface area (Å²) in [7, 11) is 1.21. The topological polar surface area (TPSA) is 96.1 Å². The second kappa shape index (κ2) is 5.22. The number of pyridine rings is 1. The number of benzene rings is 1. The van der Waals surface area contributed by atoms with Gasteiger partial charge in [0.25, 0.3) is 5.56 Å². The zero-order chi connectivity index (χ0) is 15.7. The molecule has 22 heavy (non-hydrogen) atoms. The first-order valence-electron chi connectivity index (χ1n) is 6.38. The molecular formula is C16H10N2O4. The zero-order valence-corrected chi connectivity index (χ0v) is 11.5. The molecule has 3 rings (SSSR count). The number of hydrogen-bond donors (Lipinski definition) is 1. The first-order chi connectivity index (χ1) is 10.6. The number of rotatable bonds is 2. The molecule has 1 N–H and O–H groups in total. The normalized spacial score (nSPS) is 10.4. The van der Waals surface area contributed by atoms with E-state index in [2.05, 4.69) is 9.72 Å². The number of nitrogens with zero attached hydrogens (tertiary/aromatic N) is 1. The maximum Gasteiger partial charge on any atom is 0.354 e. The van der Waals surface area contributed by atoms with Crippen molar-refractivity contribution in [1.82, 2.24) is 4.98 Å². The highest BCUT2D eigenvalue weighted by atomic mass is 16.5. The molecule has 1 aromatic carbocycles. The van der Waals surface area contributed by atoms with Crippen molar-refractivity contribution < 1.29 is 13.9 Å². The van der Waals surface area contributed by atoms with Crippen molar-refractivity contribution in [3.63, 3.8) is 0 Å². The fraction of sp³-hybridized carbons (Fsp3) is 0.0625. The predicted octanol–water partition coefficient (Wildman–Crippen LogP) is 2.45. The first kappa shape index (κ1) is 13.6. The van der Waals surface area contributed by atoms with E-state index in [1.807, 2.05) is 24.3 Å². The highest BCUT2D eigenvalue weighted by Gasteiger charge is 2.18. The van der Waals surface area contributed by atoms with Crippen molar-refractivity contribution in [1.29, 1.82) is 5.26 Å². The van der Waals surface area contributed by atoms with Gasteiger partial charge in [0.2, 0.25) is 0 Å². The van der Waals surface area contributed by atoms with Gasteiger partial charge in [-0.25, -0.2) is 4.79 Å². The van der Waals surface area contributed by atoms with Gasteiger partial charge < -0.3 is 14.1 Å². The van der Waals surface area contributed by atoms with Crippen molar-refractivity contribution in [2.75, 3.05) is 7.11 Å². The molecule has 0 amide bonds. The summed E-state index contributed by atoms with van der Waals surface area (Å²) in [5, 5.41) is 10.0. The van der Waals surface area contributed by atoms with Crippen LogP contribution >= 0.6 is 0 Å². The second-order valence-corrected chi connectivity index (χ2v) is 4.55. The summed E-state index contributed by atoms with van der Waals surface area (Å²) in [4.78, 5) is 25.9. The monoisotopic (exact) mass is 294 g/mol. The molecule has 0 unspecified atom stereocenters. The number of methoxy groups -OCH3 is 1. The molecule has 0 saturated carbocycles. The summed E-state index contributed by atoms with van der Waals surface area (Å²) >= 11 is 0. The van der Waals surface area contributed by atoms with E-state index >= 15 is 0 Å². The van der Waals surface area contributed by atoms with Crippen molar-refractivity contribution in [2.45, 2.75) is 0 Å². The van der Waals surface area contributed by atoms with Crippen LogP contribution in [0.2, 0.25) is 0 Å². The summed E-state index contributed by atoms with van der Waals surface area (Å²) in [5.41, 5.74) is 0.0543. The minimum absolute atomic E-state index is 0.0399. The van der Waals surface area contributed by atoms with Crippen molar-refractivity contribution in [2.24, 2.45) is 0 Å². The number of nitrogens with one attached hydrogen (secondary N) is 1. The smallest absolute Gasteiger partial charge is 0.354 e. The van der Waals surface area contributed by atoms with E-state index in [1.54, 1.807) is 12.1 Å². The number of furan rings is 1. The predicted molar refractivity (Wildman–Crippen MR) is 78.3 cm³/mol. The average Bonchev–Trinajstić information content (AvgIpc) is 2.97. The number of ether oxygens (including phenoxy) is 1. The molecule has 6 heteroatoms. The SMILES string of the molecule is COC(=O)c1cc(-c2cc3ccccc3o2)c(C#N)c(=O)[nH]1. The van der Waals surface area contributed by atoms with Gasteiger partial charge in [-0.15, -0.1) is 0 Å². The molecule has 2 heterocycles. The van der Waals surface area contributed by atoms with Gasteiger partial charge in [0.05, 0.1) is 7.11 Å². The number of carbonyl (C=O) groups is 1. The number of aromatic amines is 1. The number of fused-ring (bicyclic) bond motifs is 1. The van der Waals surface area contributed by atoms with Crippen molar-refractivity contribution in [3.05, 3.63) is 58.0 Å². The van der Waals surface area contributed by atoms with Crippen molar-refractivity contribution in [3.8, 4) is 17.4 Å². The third-order valence-corrected chi connectivity index (χ3v) is 3.24. The van der Waals surface area contributed by atoms with Crippen LogP contribution in [0.5, 0.6) is 0 Å². The second-order valence-electron chi connectivity index (χ2n) is 4.55. The first-order valence-corrected chi connectivity index (χ1v) is 6.38. The van der Waals surface area contributed by atoms with Crippen molar-refractivity contribution >= 4 is 16.9 Å². The number of H-pyrrole nitrogens is 1. The average molecular weight is 294 g/mol. The van der Waals surface area contributed by atoms with E-state index < -0.39 is 11.5 Å². The Morgan fingerprint density at radius 2 is 2.09 bits per heavy atom. The van der Waals surface area contributed by atoms with E-state index in [0.29, 0.717) is 11.3 Å². The summed E-state index contributed by atoms with van der Waals surface area (Å²) in [6.07, 6.45) is 0. The van der Waals surface area contributed by atoms with E-state index in [0.717, 1.165) is 5.39 Å². The standard InChI is InChI=1S/C16H10N2O4/c1-21-16(20)12-7-10(11(8-17)15(19)18-12)14-6-9-4-2-3-5-13(9)22-14/h2-7H,1H3,(H,18,19). The lowest BCUT2D eigenvalue weighted by atomic mass is 10.1. The molecule has 0 bridgehead atoms. The molecule has 2 aromatic heterocycles. The number of para-hydroxylation sites is 1. The Balaban J connectivity index is 2.28. The molecule has 108 valence electrons. The van der Waals surface area contributed by atoms with E-state index in [1.165, 1.54) is 13.2 Å². The quantitative estimate of drug-likeness (QED) is 0.732. The largest absolute Gasteiger partial charge is 0.464 e. The molecule has 0 spiro atoms. The molecule has 0 aliphatic heterocycles. The molecular weight excluding hydrogens is 284 g/mol. The Hall–Kier alpha value is -3.33. The Bertz CT molecular complexity index is 943. The maximum absolute atomic E-state index is 12.0. The lowest BCUT2D eigenvalue weighted by Gasteiger charge is -2.03. The molecule has 0 radical (unpaired) electrons. The summed E-state index contributed by atoms with van der Waals surface area (Å²) in [5.74, 6) is -0.354. The van der Waals surface area contributed by atoms with Gasteiger partial charge in [0, 0.05) is 10.9 Å². The molecule has 0 fully saturated rings. The van der Waals surface area contributed by atoms with Crippen LogP contribution in [0, 0.1) is 11.3 Å². The third kappa shape index (κ3) is 2.15. The molecule has 0 atom stereocenters. The Morgan fingerprint density at radius 3 is 2.77 bits per heavy atom. The van der Waals surface area contributed by atoms with Gasteiger partial charge in [-0.2, -0.15) is 5.26 Å². The third-order valence-electron chi connectivity index (χ3n) is 3.24. The fourth-order valence-electron chi connectivity index (χ4n) is 2.20. The minimum atomic E-state index is -0.695. The van der Waals surface area contributed by atoms with Crippen LogP contribution in [0.15, 0.2) is 45.6 Å². The van der Waals surface area contributed by atoms with Gasteiger partial charge >= 0.3 is 5.97 Å². The molecule has 0 aliphatic rings. The van der Waals surface area contributed by atoms with Gasteiger partial charge in [-0.1, -0.05) is 18.2 Å². The van der Waals surface area contributed by atoms with Gasteiger partial charge in [-0.05, 0) is 18.2 Å². The molecule has 0 saturated heterocycles. The number of hydrogen-bond acceptors (Lipinski definition) is 5. The summed E-state index contributed by atoms with van der Waals surface area (Å²) in [6.45, 7) is 0. The lowest BCUT2D eigenvalue weighted by molar-refractivity contribution is 0.0594. The highest BCUT2D eigenvalue weighted by molar-refractivity contribution is 5.90. The summed E-state index contributed by atoms with van der Waals surface area (Å²) < 4.78 is 10.3. The van der Waals surface area contributed by atoms with Crippen LogP contribution < -0.4 is 5.56 Å². The lowest BCUT2D eigenvalue weighted by Crippen LogP contribution is -2.17. The number of esters is 1. The molecule has 0 aliphatic carbocycles. The Labute approximate surface area is 124 Å². The van der Waals surface area contributed by atoms with Crippen LogP contribution in [0.3, 0.4) is 0 Å². The minimum Gasteiger partial charge on any atom is -0.464 e. The Morgan fingerprint density at radius 1 is 1.32 bits per heavy atom. The maximum atomic E-state index is 12.0. The van der Waals surface area contributed by atoms with Crippen LogP contribution in [0.4, 0.5) is 0 Å². The van der Waals surface area contributed by atoms with Gasteiger partial charge in [0.1, 0.15) is 28.7 Å². The number of carbonyl (C=O) groups excluding carboxylic acids is 1. The Kier molecular flexibility index (Phi) is 3.24. The highest BCUT2D eigenvalue weighted by Crippen LogP contribution is 2.29. The summed E-state index contributed by atoms with van der Waals surface area (Å²) in [6, 6.07) is 12.2.